The van der Waals surface area contributed by atoms with Gasteiger partial charge in [-0.2, -0.15) is 0 Å². The minimum atomic E-state index is 0.317. The van der Waals surface area contributed by atoms with Crippen molar-refractivity contribution in [1.82, 2.24) is 10.3 Å². The fraction of sp³-hybridized carbons (Fsp3) is 0.500. The van der Waals surface area contributed by atoms with Gasteiger partial charge in [-0.15, -0.1) is 11.3 Å². The second-order valence-corrected chi connectivity index (χ2v) is 6.97. The summed E-state index contributed by atoms with van der Waals surface area (Å²) in [5.74, 6) is 0.753. The van der Waals surface area contributed by atoms with E-state index in [1.807, 2.05) is 6.20 Å². The summed E-state index contributed by atoms with van der Waals surface area (Å²) in [4.78, 5) is 4.46. The maximum absolute atomic E-state index is 4.46. The smallest absolute Gasteiger partial charge is 0.109 e. The van der Waals surface area contributed by atoms with Crippen molar-refractivity contribution in [3.63, 3.8) is 0 Å². The van der Waals surface area contributed by atoms with Crippen LogP contribution in [0, 0.1) is 5.92 Å². The van der Waals surface area contributed by atoms with E-state index in [0.29, 0.717) is 12.1 Å². The first kappa shape index (κ1) is 14.7. The lowest BCUT2D eigenvalue weighted by Gasteiger charge is -2.33. The molecule has 1 heterocycles. The number of rotatable bonds is 5. The third kappa shape index (κ3) is 3.72. The normalized spacial score (nSPS) is 19.3. The molecule has 0 bridgehead atoms. The summed E-state index contributed by atoms with van der Waals surface area (Å²) in [6, 6.07) is 11.7. The van der Waals surface area contributed by atoms with Crippen molar-refractivity contribution in [1.29, 1.82) is 0 Å². The average Bonchev–Trinajstić information content (AvgIpc) is 3.09. The maximum atomic E-state index is 4.46. The molecule has 2 aromatic rings. The largest absolute Gasteiger partial charge is 0.301 e. The van der Waals surface area contributed by atoms with Crippen LogP contribution in [-0.2, 0) is 0 Å². The Kier molecular flexibility index (Phi) is 5.04. The number of nitrogens with zero attached hydrogens (tertiary/aromatic N) is 1. The first-order chi connectivity index (χ1) is 10.3. The number of nitrogens with one attached hydrogen (secondary N) is 1. The third-order valence-electron chi connectivity index (χ3n) is 4.53. The van der Waals surface area contributed by atoms with Gasteiger partial charge in [0.1, 0.15) is 5.01 Å². The third-order valence-corrected chi connectivity index (χ3v) is 5.49. The van der Waals surface area contributed by atoms with Gasteiger partial charge in [-0.25, -0.2) is 4.98 Å². The highest BCUT2D eigenvalue weighted by Crippen LogP contribution is 2.36. The summed E-state index contributed by atoms with van der Waals surface area (Å²) in [5, 5.41) is 7.10. The summed E-state index contributed by atoms with van der Waals surface area (Å²) < 4.78 is 0. The van der Waals surface area contributed by atoms with Crippen LogP contribution in [0.4, 0.5) is 0 Å². The monoisotopic (exact) mass is 300 g/mol. The van der Waals surface area contributed by atoms with E-state index in [1.165, 1.54) is 42.7 Å². The molecule has 3 rings (SSSR count). The van der Waals surface area contributed by atoms with Gasteiger partial charge in [0.05, 0.1) is 6.04 Å². The molecule has 2 unspecified atom stereocenters. The van der Waals surface area contributed by atoms with Crippen LogP contribution in [0.5, 0.6) is 0 Å². The topological polar surface area (TPSA) is 24.9 Å². The van der Waals surface area contributed by atoms with Crippen molar-refractivity contribution in [2.45, 2.75) is 51.1 Å². The zero-order chi connectivity index (χ0) is 14.5. The highest BCUT2D eigenvalue weighted by molar-refractivity contribution is 7.09. The molecule has 0 saturated heterocycles. The van der Waals surface area contributed by atoms with Crippen LogP contribution >= 0.6 is 11.3 Å². The second kappa shape index (κ2) is 7.19. The van der Waals surface area contributed by atoms with Crippen molar-refractivity contribution in [3.8, 4) is 0 Å². The van der Waals surface area contributed by atoms with Gasteiger partial charge >= 0.3 is 0 Å². The summed E-state index contributed by atoms with van der Waals surface area (Å²) in [6.07, 6.45) is 8.74. The highest BCUT2D eigenvalue weighted by Gasteiger charge is 2.26. The number of aromatic nitrogens is 1. The Morgan fingerprint density at radius 2 is 1.90 bits per heavy atom. The Morgan fingerprint density at radius 1 is 1.14 bits per heavy atom. The fourth-order valence-electron chi connectivity index (χ4n) is 3.42. The second-order valence-electron chi connectivity index (χ2n) is 6.05. The highest BCUT2D eigenvalue weighted by atomic mass is 32.1. The van der Waals surface area contributed by atoms with E-state index in [2.05, 4.69) is 52.9 Å². The van der Waals surface area contributed by atoms with E-state index in [-0.39, 0.29) is 0 Å². The Balaban J connectivity index is 1.78. The minimum Gasteiger partial charge on any atom is -0.301 e. The van der Waals surface area contributed by atoms with Crippen LogP contribution < -0.4 is 5.32 Å². The maximum Gasteiger partial charge on any atom is 0.109 e. The number of benzene rings is 1. The molecule has 1 aliphatic rings. The fourth-order valence-corrected chi connectivity index (χ4v) is 4.08. The first-order valence-corrected chi connectivity index (χ1v) is 8.93. The molecule has 2 atom stereocenters. The molecule has 1 N–H and O–H groups in total. The molecular formula is C18H24N2S. The summed E-state index contributed by atoms with van der Waals surface area (Å²) in [7, 11) is 0. The van der Waals surface area contributed by atoms with Crippen molar-refractivity contribution >= 4 is 11.3 Å². The van der Waals surface area contributed by atoms with Crippen LogP contribution in [0.3, 0.4) is 0 Å². The number of thiazole rings is 1. The lowest BCUT2D eigenvalue weighted by atomic mass is 9.81. The number of hydrogen-bond donors (Lipinski definition) is 1. The van der Waals surface area contributed by atoms with Crippen molar-refractivity contribution in [2.75, 3.05) is 0 Å². The molecular weight excluding hydrogens is 276 g/mol. The molecule has 0 amide bonds. The van der Waals surface area contributed by atoms with Gasteiger partial charge < -0.3 is 5.32 Å². The molecule has 2 nitrogen and oxygen atoms in total. The van der Waals surface area contributed by atoms with Crippen molar-refractivity contribution in [3.05, 3.63) is 52.5 Å². The summed E-state index contributed by atoms with van der Waals surface area (Å²) >= 11 is 1.74. The first-order valence-electron chi connectivity index (χ1n) is 8.05. The Hall–Kier alpha value is -1.19. The number of hydrogen-bond acceptors (Lipinski definition) is 3. The molecule has 3 heteroatoms. The molecule has 1 fully saturated rings. The zero-order valence-corrected chi connectivity index (χ0v) is 13.5. The molecule has 21 heavy (non-hydrogen) atoms. The lowest BCUT2D eigenvalue weighted by Crippen LogP contribution is -2.31. The minimum absolute atomic E-state index is 0.317. The SMILES string of the molecule is CC(NC(c1ccccc1)C1CCCCC1)c1nccs1. The predicted molar refractivity (Wildman–Crippen MR) is 89.4 cm³/mol. The van der Waals surface area contributed by atoms with Gasteiger partial charge in [-0.05, 0) is 31.2 Å². The van der Waals surface area contributed by atoms with Crippen LogP contribution in [0.15, 0.2) is 41.9 Å². The average molecular weight is 300 g/mol. The molecule has 0 aliphatic heterocycles. The molecule has 112 valence electrons. The Labute approximate surface area is 131 Å². The van der Waals surface area contributed by atoms with Gasteiger partial charge in [-0.1, -0.05) is 49.6 Å². The van der Waals surface area contributed by atoms with Gasteiger partial charge in [-0.3, -0.25) is 0 Å². The summed E-state index contributed by atoms with van der Waals surface area (Å²) in [5.41, 5.74) is 1.42. The molecule has 1 aromatic carbocycles. The lowest BCUT2D eigenvalue weighted by molar-refractivity contribution is 0.257. The van der Waals surface area contributed by atoms with Crippen LogP contribution in [0.25, 0.3) is 0 Å². The van der Waals surface area contributed by atoms with E-state index >= 15 is 0 Å². The van der Waals surface area contributed by atoms with Gasteiger partial charge in [0.25, 0.3) is 0 Å². The Morgan fingerprint density at radius 3 is 2.57 bits per heavy atom. The van der Waals surface area contributed by atoms with Crippen LogP contribution in [-0.4, -0.2) is 4.98 Å². The van der Waals surface area contributed by atoms with E-state index in [1.54, 1.807) is 11.3 Å². The zero-order valence-electron chi connectivity index (χ0n) is 12.7. The quantitative estimate of drug-likeness (QED) is 0.829. The van der Waals surface area contributed by atoms with Crippen LogP contribution in [0.1, 0.15) is 61.7 Å². The van der Waals surface area contributed by atoms with Gasteiger partial charge in [0.2, 0.25) is 0 Å². The van der Waals surface area contributed by atoms with E-state index < -0.39 is 0 Å². The van der Waals surface area contributed by atoms with Crippen molar-refractivity contribution < 1.29 is 0 Å². The molecule has 0 radical (unpaired) electrons. The molecule has 1 saturated carbocycles. The standard InChI is InChI=1S/C18H24N2S/c1-14(18-19-12-13-21-18)20-17(15-8-4-2-5-9-15)16-10-6-3-7-11-16/h2,4-5,8-9,12-14,16-17,20H,3,6-7,10-11H2,1H3. The van der Waals surface area contributed by atoms with E-state index in [4.69, 9.17) is 0 Å². The van der Waals surface area contributed by atoms with E-state index in [9.17, 15) is 0 Å². The molecule has 1 aliphatic carbocycles. The van der Waals surface area contributed by atoms with Crippen LogP contribution in [0.2, 0.25) is 0 Å². The molecule has 0 spiro atoms. The van der Waals surface area contributed by atoms with E-state index in [0.717, 1.165) is 5.92 Å². The summed E-state index contributed by atoms with van der Waals surface area (Å²) in [6.45, 7) is 2.23. The van der Waals surface area contributed by atoms with Gasteiger partial charge in [0.15, 0.2) is 0 Å². The Bertz CT molecular complexity index is 517. The van der Waals surface area contributed by atoms with Gasteiger partial charge in [0, 0.05) is 17.6 Å². The predicted octanol–water partition coefficient (Wildman–Crippen LogP) is 5.12. The molecule has 1 aromatic heterocycles. The van der Waals surface area contributed by atoms with Crippen molar-refractivity contribution in [2.24, 2.45) is 5.92 Å².